The van der Waals surface area contributed by atoms with Crippen LogP contribution in [-0.2, 0) is 0 Å². The molecule has 0 saturated heterocycles. The van der Waals surface area contributed by atoms with Crippen molar-refractivity contribution < 1.29 is 13.2 Å². The summed E-state index contributed by atoms with van der Waals surface area (Å²) in [6.45, 7) is 0. The molecule has 96 valence electrons. The van der Waals surface area contributed by atoms with Crippen LogP contribution >= 0.6 is 22.9 Å². The third kappa shape index (κ3) is 2.24. The predicted molar refractivity (Wildman–Crippen MR) is 64.8 cm³/mol. The molecule has 1 unspecified atom stereocenters. The van der Waals surface area contributed by atoms with E-state index in [1.54, 1.807) is 11.4 Å². The van der Waals surface area contributed by atoms with Gasteiger partial charge in [0.05, 0.1) is 11.1 Å². The number of hydrogen-bond acceptors (Lipinski definition) is 3. The Bertz CT molecular complexity index is 573. The van der Waals surface area contributed by atoms with Crippen LogP contribution in [0.3, 0.4) is 0 Å². The quantitative estimate of drug-likeness (QED) is 0.517. The van der Waals surface area contributed by atoms with E-state index in [0.717, 1.165) is 12.1 Å². The fraction of sp³-hybridized carbons (Fsp3) is 0.0909. The van der Waals surface area contributed by atoms with Gasteiger partial charge in [0, 0.05) is 10.4 Å². The Hall–Kier alpha value is -1.08. The molecule has 0 aliphatic heterocycles. The number of benzene rings is 1. The Morgan fingerprint density at radius 2 is 1.89 bits per heavy atom. The molecule has 0 fully saturated rings. The summed E-state index contributed by atoms with van der Waals surface area (Å²) in [6.07, 6.45) is 0. The molecule has 18 heavy (non-hydrogen) atoms. The molecule has 3 N–H and O–H groups in total. The molecule has 1 aromatic carbocycles. The minimum Gasteiger partial charge on any atom is -0.271 e. The molecule has 7 heteroatoms. The molecule has 0 radical (unpaired) electrons. The highest BCUT2D eigenvalue weighted by molar-refractivity contribution is 7.10. The molecule has 1 heterocycles. The third-order valence-electron chi connectivity index (χ3n) is 2.45. The largest absolute Gasteiger partial charge is 0.271 e. The standard InChI is InChI=1S/C11H8ClF3N2S/c12-6-3-4-18-11(6)10(17-16)5-1-2-7(13)9(15)8(5)14/h1-4,10,17H,16H2. The van der Waals surface area contributed by atoms with Crippen LogP contribution in [0.1, 0.15) is 16.5 Å². The summed E-state index contributed by atoms with van der Waals surface area (Å²) in [5, 5.41) is 2.08. The van der Waals surface area contributed by atoms with Crippen molar-refractivity contribution in [3.8, 4) is 0 Å². The van der Waals surface area contributed by atoms with E-state index in [4.69, 9.17) is 17.4 Å². The maximum absolute atomic E-state index is 13.7. The monoisotopic (exact) mass is 292 g/mol. The molecule has 0 spiro atoms. The first-order valence-electron chi connectivity index (χ1n) is 4.88. The van der Waals surface area contributed by atoms with Gasteiger partial charge in [-0.2, -0.15) is 0 Å². The molecular weight excluding hydrogens is 285 g/mol. The summed E-state index contributed by atoms with van der Waals surface area (Å²) in [5.41, 5.74) is 2.25. The number of hydrogen-bond donors (Lipinski definition) is 2. The number of rotatable bonds is 3. The van der Waals surface area contributed by atoms with Crippen molar-refractivity contribution in [3.63, 3.8) is 0 Å². The van der Waals surface area contributed by atoms with Gasteiger partial charge in [-0.15, -0.1) is 11.3 Å². The van der Waals surface area contributed by atoms with Crippen LogP contribution in [0.2, 0.25) is 5.02 Å². The highest BCUT2D eigenvalue weighted by Gasteiger charge is 2.23. The molecule has 0 aliphatic carbocycles. The highest BCUT2D eigenvalue weighted by Crippen LogP contribution is 2.34. The van der Waals surface area contributed by atoms with Crippen LogP contribution in [0.15, 0.2) is 23.6 Å². The van der Waals surface area contributed by atoms with Crippen LogP contribution in [0.4, 0.5) is 13.2 Å². The maximum atomic E-state index is 13.7. The Kier molecular flexibility index (Phi) is 3.91. The lowest BCUT2D eigenvalue weighted by Crippen LogP contribution is -2.29. The van der Waals surface area contributed by atoms with Gasteiger partial charge in [-0.05, 0) is 17.5 Å². The second-order valence-corrected chi connectivity index (χ2v) is 4.85. The van der Waals surface area contributed by atoms with Gasteiger partial charge in [0.15, 0.2) is 17.5 Å². The van der Waals surface area contributed by atoms with E-state index in [9.17, 15) is 13.2 Å². The van der Waals surface area contributed by atoms with E-state index < -0.39 is 23.5 Å². The Morgan fingerprint density at radius 1 is 1.17 bits per heavy atom. The van der Waals surface area contributed by atoms with Crippen LogP contribution in [0.25, 0.3) is 0 Å². The second kappa shape index (κ2) is 5.27. The zero-order valence-corrected chi connectivity index (χ0v) is 10.5. The van der Waals surface area contributed by atoms with Gasteiger partial charge in [0.2, 0.25) is 0 Å². The molecule has 2 nitrogen and oxygen atoms in total. The average Bonchev–Trinajstić information content (AvgIpc) is 2.77. The Morgan fingerprint density at radius 3 is 2.44 bits per heavy atom. The predicted octanol–water partition coefficient (Wildman–Crippen LogP) is 3.37. The van der Waals surface area contributed by atoms with E-state index in [-0.39, 0.29) is 5.56 Å². The summed E-state index contributed by atoms with van der Waals surface area (Å²) in [7, 11) is 0. The third-order valence-corrected chi connectivity index (χ3v) is 3.87. The first-order chi connectivity index (χ1) is 8.56. The fourth-order valence-electron chi connectivity index (χ4n) is 1.58. The van der Waals surface area contributed by atoms with Gasteiger partial charge >= 0.3 is 0 Å². The summed E-state index contributed by atoms with van der Waals surface area (Å²) in [6, 6.07) is 2.77. The number of halogens is 4. The Balaban J connectivity index is 2.53. The molecule has 2 rings (SSSR count). The van der Waals surface area contributed by atoms with Crippen molar-refractivity contribution in [2.75, 3.05) is 0 Å². The topological polar surface area (TPSA) is 38.0 Å². The first kappa shape index (κ1) is 13.4. The smallest absolute Gasteiger partial charge is 0.194 e. The van der Waals surface area contributed by atoms with Gasteiger partial charge in [-0.25, -0.2) is 18.6 Å². The van der Waals surface area contributed by atoms with E-state index in [1.165, 1.54) is 11.3 Å². The molecule has 0 saturated carbocycles. The zero-order valence-electron chi connectivity index (χ0n) is 8.88. The van der Waals surface area contributed by atoms with E-state index in [2.05, 4.69) is 5.43 Å². The molecule has 0 amide bonds. The van der Waals surface area contributed by atoms with Gasteiger partial charge in [-0.1, -0.05) is 17.7 Å². The fourth-order valence-corrected chi connectivity index (χ4v) is 2.82. The van der Waals surface area contributed by atoms with Crippen molar-refractivity contribution in [1.29, 1.82) is 0 Å². The molecule has 0 aliphatic rings. The van der Waals surface area contributed by atoms with Crippen LogP contribution < -0.4 is 11.3 Å². The average molecular weight is 293 g/mol. The lowest BCUT2D eigenvalue weighted by Gasteiger charge is -2.16. The Labute approximate surface area is 110 Å². The van der Waals surface area contributed by atoms with Gasteiger partial charge in [0.25, 0.3) is 0 Å². The van der Waals surface area contributed by atoms with Crippen molar-refractivity contribution in [1.82, 2.24) is 5.43 Å². The molecule has 1 atom stereocenters. The molecule has 0 bridgehead atoms. The highest BCUT2D eigenvalue weighted by atomic mass is 35.5. The maximum Gasteiger partial charge on any atom is 0.194 e. The summed E-state index contributed by atoms with van der Waals surface area (Å²) in [4.78, 5) is 0.532. The SMILES string of the molecule is NNC(c1ccc(F)c(F)c1F)c1sccc1Cl. The van der Waals surface area contributed by atoms with E-state index in [1.807, 2.05) is 0 Å². The number of nitrogens with one attached hydrogen (secondary N) is 1. The summed E-state index contributed by atoms with van der Waals surface area (Å²) in [5.74, 6) is 1.29. The van der Waals surface area contributed by atoms with Crippen LogP contribution in [-0.4, -0.2) is 0 Å². The number of thiophene rings is 1. The zero-order chi connectivity index (χ0) is 13.3. The van der Waals surface area contributed by atoms with Crippen molar-refractivity contribution in [2.24, 2.45) is 5.84 Å². The summed E-state index contributed by atoms with van der Waals surface area (Å²) < 4.78 is 39.7. The lowest BCUT2D eigenvalue weighted by atomic mass is 10.0. The minimum absolute atomic E-state index is 0.0965. The van der Waals surface area contributed by atoms with Crippen LogP contribution in [0.5, 0.6) is 0 Å². The normalized spacial score (nSPS) is 12.7. The number of hydrazine groups is 1. The molecule has 2 aromatic rings. The van der Waals surface area contributed by atoms with Gasteiger partial charge < -0.3 is 0 Å². The second-order valence-electron chi connectivity index (χ2n) is 3.50. The molecule has 1 aromatic heterocycles. The number of nitrogens with two attached hydrogens (primary N) is 1. The van der Waals surface area contributed by atoms with E-state index >= 15 is 0 Å². The van der Waals surface area contributed by atoms with Crippen molar-refractivity contribution in [2.45, 2.75) is 6.04 Å². The van der Waals surface area contributed by atoms with Crippen molar-refractivity contribution >= 4 is 22.9 Å². The minimum atomic E-state index is -1.53. The molecular formula is C11H8ClF3N2S. The van der Waals surface area contributed by atoms with Gasteiger partial charge in [-0.3, -0.25) is 5.84 Å². The van der Waals surface area contributed by atoms with Crippen LogP contribution in [0, 0.1) is 17.5 Å². The van der Waals surface area contributed by atoms with Gasteiger partial charge in [0.1, 0.15) is 0 Å². The first-order valence-corrected chi connectivity index (χ1v) is 6.14. The van der Waals surface area contributed by atoms with E-state index in [0.29, 0.717) is 9.90 Å². The van der Waals surface area contributed by atoms with Crippen molar-refractivity contribution in [3.05, 3.63) is 56.5 Å². The lowest BCUT2D eigenvalue weighted by molar-refractivity contribution is 0.434. The summed E-state index contributed by atoms with van der Waals surface area (Å²) >= 11 is 7.15.